The molecule has 20 nitrogen and oxygen atoms in total. The van der Waals surface area contributed by atoms with E-state index < -0.39 is 0 Å². The van der Waals surface area contributed by atoms with Crippen LogP contribution in [-0.2, 0) is 5.41 Å². The van der Waals surface area contributed by atoms with Crippen LogP contribution >= 0.6 is 0 Å². The van der Waals surface area contributed by atoms with Crippen LogP contribution in [0.2, 0.25) is 0 Å². The van der Waals surface area contributed by atoms with Gasteiger partial charge in [0.1, 0.15) is 109 Å². The van der Waals surface area contributed by atoms with Crippen molar-refractivity contribution in [1.29, 1.82) is 0 Å². The number of methoxy groups -OCH3 is 1. The number of hydrogen-bond acceptors (Lipinski definition) is 20. The number of benzene rings is 9. The molecular formula is C90H117N9O11. The molecule has 0 saturated carbocycles. The van der Waals surface area contributed by atoms with Gasteiger partial charge in [-0.05, 0) is 236 Å². The summed E-state index contributed by atoms with van der Waals surface area (Å²) in [6.45, 7) is 40.8. The number of hydrogen-bond donors (Lipinski definition) is 9. The van der Waals surface area contributed by atoms with E-state index in [1.54, 1.807) is 7.11 Å². The topological polar surface area (TPSA) is 210 Å². The summed E-state index contributed by atoms with van der Waals surface area (Å²) in [5, 5.41) is 29.8. The number of nitrogens with one attached hydrogen (secondary N) is 9. The van der Waals surface area contributed by atoms with Gasteiger partial charge in [-0.1, -0.05) is 63.2 Å². The molecule has 3 unspecified atom stereocenters. The molecule has 18 rings (SSSR count). The predicted molar refractivity (Wildman–Crippen MR) is 452 cm³/mol. The lowest BCUT2D eigenvalue weighted by Crippen LogP contribution is -2.28. The van der Waals surface area contributed by atoms with Crippen molar-refractivity contribution in [2.45, 2.75) is 126 Å². The fourth-order valence-electron chi connectivity index (χ4n) is 12.4. The Hall–Kier alpha value is -11.0. The first-order chi connectivity index (χ1) is 53.2. The van der Waals surface area contributed by atoms with Gasteiger partial charge in [-0.15, -0.1) is 0 Å². The molecule has 110 heavy (non-hydrogen) atoms. The average molecular weight is 1500 g/mol. The lowest BCUT2D eigenvalue weighted by molar-refractivity contribution is 0.226. The fourth-order valence-corrected chi connectivity index (χ4v) is 12.4. The van der Waals surface area contributed by atoms with Crippen molar-refractivity contribution in [2.24, 2.45) is 0 Å². The first-order valence-corrected chi connectivity index (χ1v) is 38.9. The minimum atomic E-state index is 0.203. The van der Waals surface area contributed by atoms with E-state index in [9.17, 15) is 0 Å². The molecule has 9 aromatic carbocycles. The highest BCUT2D eigenvalue weighted by molar-refractivity contribution is 5.66. The number of ether oxygens (including phenoxy) is 11. The minimum Gasteiger partial charge on any atom is -0.497 e. The van der Waals surface area contributed by atoms with Crippen LogP contribution in [0.4, 0.5) is 51.2 Å². The highest BCUT2D eigenvalue weighted by Crippen LogP contribution is 2.37. The Morgan fingerprint density at radius 2 is 0.764 bits per heavy atom. The van der Waals surface area contributed by atoms with Crippen molar-refractivity contribution >= 4 is 51.2 Å². The average Bonchev–Trinajstić information content (AvgIpc) is 1.30. The Morgan fingerprint density at radius 3 is 1.38 bits per heavy atom. The maximum atomic E-state index is 5.65. The summed E-state index contributed by atoms with van der Waals surface area (Å²) < 4.78 is 60.1. The van der Waals surface area contributed by atoms with Gasteiger partial charge < -0.3 is 100.0 Å². The number of fused-ring (bicyclic) bond motifs is 9. The van der Waals surface area contributed by atoms with Crippen LogP contribution < -0.4 is 100.0 Å². The van der Waals surface area contributed by atoms with E-state index in [0.29, 0.717) is 18.7 Å². The van der Waals surface area contributed by atoms with Gasteiger partial charge in [-0.3, -0.25) is 0 Å². The largest absolute Gasteiger partial charge is 0.497 e. The molecule has 0 spiro atoms. The molecule has 9 aliphatic rings. The van der Waals surface area contributed by atoms with Gasteiger partial charge in [0.25, 0.3) is 0 Å². The molecule has 0 aromatic heterocycles. The Labute approximate surface area is 652 Å². The lowest BCUT2D eigenvalue weighted by atomic mass is 9.86. The van der Waals surface area contributed by atoms with Crippen LogP contribution in [0, 0.1) is 41.5 Å². The molecule has 0 amide bonds. The van der Waals surface area contributed by atoms with Crippen LogP contribution in [-0.4, -0.2) is 131 Å². The molecular weight excluding hydrogens is 1380 g/mol. The van der Waals surface area contributed by atoms with Gasteiger partial charge in [0.2, 0.25) is 0 Å². The van der Waals surface area contributed by atoms with Gasteiger partial charge in [-0.25, -0.2) is 0 Å². The first kappa shape index (κ1) is 81.5. The molecule has 0 fully saturated rings. The Bertz CT molecular complexity index is 4280. The maximum absolute atomic E-state index is 5.65. The Balaban J connectivity index is 0.000000132. The van der Waals surface area contributed by atoms with Crippen molar-refractivity contribution in [3.05, 3.63) is 203 Å². The van der Waals surface area contributed by atoms with E-state index >= 15 is 0 Å². The lowest BCUT2D eigenvalue weighted by Gasteiger charge is -2.24. The van der Waals surface area contributed by atoms with E-state index in [1.807, 2.05) is 73.7 Å². The molecule has 9 heterocycles. The maximum Gasteiger partial charge on any atom is 0.146 e. The SMILES string of the molecule is CC(C)(C)c1ccc2c(c1)NCCO2.CC1COc2ccccc2N1.CCOc1ccc2c(c1)OCCN2.COc1ccc2c(c1)NCCO2.Cc1cc2c(cc1C)OCCN2.Cc1ccc2c(c1)NCCCO2.Cc1ccc2c(c1)OC(C)CN2.Cc1ccc2c(c1)OCC(C)N2.Cc1ccc2c(c1)OCCCN2. The summed E-state index contributed by atoms with van der Waals surface area (Å²) in [7, 11) is 1.66. The molecule has 588 valence electrons. The molecule has 0 saturated heterocycles. The zero-order valence-electron chi connectivity index (χ0n) is 67.0. The Kier molecular flexibility index (Phi) is 30.4. The third-order valence-electron chi connectivity index (χ3n) is 18.5. The summed E-state index contributed by atoms with van der Waals surface area (Å²) in [5.41, 5.74) is 19.0. The number of aryl methyl sites for hydroxylation is 6. The van der Waals surface area contributed by atoms with Crippen molar-refractivity contribution in [3.63, 3.8) is 0 Å². The third kappa shape index (κ3) is 25.0. The van der Waals surface area contributed by atoms with Crippen LogP contribution in [0.25, 0.3) is 0 Å². The second-order valence-corrected chi connectivity index (χ2v) is 29.2. The van der Waals surface area contributed by atoms with Gasteiger partial charge in [0, 0.05) is 51.4 Å². The standard InChI is InChI=1S/C12H17NO.C10H13NO2.5C10H13NO.C9H11NO2.C9H11NO/c1-12(2,3)9-4-5-11-10(8-9)13-6-7-14-11;1-2-12-8-3-4-9-10(7-8)13-6-5-11-9;1-7-5-9-10(6-8(7)2)12-4-3-11-9;1-7-3-4-9-10(5-7)12-6-8(2)11-9;1-7-3-4-9-10(5-7)12-8(2)6-11-9;1-8-3-4-10-9(7-8)11-5-2-6-12-10;1-8-3-4-9-10(7-8)12-6-2-5-11-9;1-11-7-2-3-9-8(6-7)10-4-5-12-9;1-7-6-11-9-5-3-2-4-8(9)10-7/h4-5,8,13H,6-7H2,1-3H3;3-4,7,11H,2,5-6H2,1H3;5-6,11H,3-4H2,1-2H3;2*3-5,8,11H,6H2,1-2H3;2*3-4,7,11H,2,5-6H2,1H3;2-3,6,10H,4-5H2,1H3;2-5,7,10H,6H2,1H3. The van der Waals surface area contributed by atoms with Crippen molar-refractivity contribution in [3.8, 4) is 63.2 Å². The van der Waals surface area contributed by atoms with Crippen molar-refractivity contribution in [1.82, 2.24) is 0 Å². The normalized spacial score (nSPS) is 16.7. The quantitative estimate of drug-likeness (QED) is 0.0805. The van der Waals surface area contributed by atoms with Crippen LogP contribution in [0.3, 0.4) is 0 Å². The highest BCUT2D eigenvalue weighted by atomic mass is 16.5. The second-order valence-electron chi connectivity index (χ2n) is 29.2. The fraction of sp³-hybridized carbons (Fsp3) is 0.400. The molecule has 0 aliphatic carbocycles. The van der Waals surface area contributed by atoms with Gasteiger partial charge in [-0.2, -0.15) is 0 Å². The first-order valence-electron chi connectivity index (χ1n) is 38.9. The minimum absolute atomic E-state index is 0.203. The molecule has 20 heteroatoms. The molecule has 9 aliphatic heterocycles. The van der Waals surface area contributed by atoms with Crippen LogP contribution in [0.1, 0.15) is 100 Å². The van der Waals surface area contributed by atoms with Gasteiger partial charge in [0.15, 0.2) is 0 Å². The molecule has 3 atom stereocenters. The predicted octanol–water partition coefficient (Wildman–Crippen LogP) is 18.9. The number of anilines is 9. The zero-order valence-corrected chi connectivity index (χ0v) is 67.0. The summed E-state index contributed by atoms with van der Waals surface area (Å²) in [6.07, 6.45) is 2.43. The molecule has 9 N–H and O–H groups in total. The third-order valence-corrected chi connectivity index (χ3v) is 18.5. The van der Waals surface area contributed by atoms with Crippen molar-refractivity contribution < 1.29 is 52.1 Å². The smallest absolute Gasteiger partial charge is 0.146 e. The summed E-state index contributed by atoms with van der Waals surface area (Å²) in [5.74, 6) is 10.4. The highest BCUT2D eigenvalue weighted by Gasteiger charge is 2.21. The number of para-hydroxylation sites is 2. The van der Waals surface area contributed by atoms with Crippen molar-refractivity contribution in [2.75, 3.05) is 160 Å². The monoisotopic (exact) mass is 1500 g/mol. The molecule has 0 radical (unpaired) electrons. The van der Waals surface area contributed by atoms with E-state index in [2.05, 4.69) is 228 Å². The molecule has 9 aromatic rings. The van der Waals surface area contributed by atoms with E-state index in [-0.39, 0.29) is 11.5 Å². The second kappa shape index (κ2) is 41.0. The Morgan fingerprint density at radius 1 is 0.355 bits per heavy atom. The van der Waals surface area contributed by atoms with Gasteiger partial charge >= 0.3 is 0 Å². The zero-order chi connectivity index (χ0) is 77.8. The van der Waals surface area contributed by atoms with E-state index in [1.165, 1.54) is 38.9 Å². The number of rotatable bonds is 3. The summed E-state index contributed by atoms with van der Waals surface area (Å²) >= 11 is 0. The summed E-state index contributed by atoms with van der Waals surface area (Å²) in [6, 6.07) is 56.0. The molecule has 0 bridgehead atoms. The van der Waals surface area contributed by atoms with Crippen LogP contribution in [0.15, 0.2) is 164 Å². The van der Waals surface area contributed by atoms with E-state index in [0.717, 1.165) is 226 Å². The van der Waals surface area contributed by atoms with Crippen LogP contribution in [0.5, 0.6) is 63.2 Å². The summed E-state index contributed by atoms with van der Waals surface area (Å²) in [4.78, 5) is 0. The van der Waals surface area contributed by atoms with E-state index in [4.69, 9.17) is 52.1 Å². The van der Waals surface area contributed by atoms with Gasteiger partial charge in [0.05, 0.1) is 96.7 Å².